The molecule has 1 N–H and O–H groups in total. The summed E-state index contributed by atoms with van der Waals surface area (Å²) in [6.07, 6.45) is 5.54. The zero-order valence-corrected chi connectivity index (χ0v) is 12.3. The van der Waals surface area contributed by atoms with Gasteiger partial charge in [-0.3, -0.25) is 0 Å². The Labute approximate surface area is 122 Å². The van der Waals surface area contributed by atoms with Crippen LogP contribution in [0.1, 0.15) is 23.5 Å². The molecule has 2 heterocycles. The fourth-order valence-corrected chi connectivity index (χ4v) is 3.06. The highest BCUT2D eigenvalue weighted by atomic mass is 32.1. The Balaban J connectivity index is 1.90. The molecule has 0 amide bonds. The van der Waals surface area contributed by atoms with Crippen molar-refractivity contribution in [3.63, 3.8) is 0 Å². The molecule has 20 heavy (non-hydrogen) atoms. The molecule has 0 aliphatic rings. The predicted molar refractivity (Wildman–Crippen MR) is 82.5 cm³/mol. The number of hydrogen-bond acceptors (Lipinski definition) is 4. The van der Waals surface area contributed by atoms with E-state index in [1.54, 1.807) is 17.5 Å². The van der Waals surface area contributed by atoms with Crippen molar-refractivity contribution < 1.29 is 0 Å². The lowest BCUT2D eigenvalue weighted by molar-refractivity contribution is 0.885. The molecule has 0 saturated carbocycles. The molecule has 3 aromatic rings. The van der Waals surface area contributed by atoms with Gasteiger partial charge in [-0.2, -0.15) is 0 Å². The van der Waals surface area contributed by atoms with E-state index in [9.17, 15) is 0 Å². The van der Waals surface area contributed by atoms with Gasteiger partial charge in [0.1, 0.15) is 0 Å². The molecule has 4 nitrogen and oxygen atoms in total. The lowest BCUT2D eigenvalue weighted by Gasteiger charge is -2.17. The van der Waals surface area contributed by atoms with Crippen LogP contribution in [-0.2, 0) is 0 Å². The summed E-state index contributed by atoms with van der Waals surface area (Å²) < 4.78 is 2.01. The SMILES string of the molecule is Cc1ncsc1C(C)Nc1ccccc1-n1ccnc1. The Hall–Kier alpha value is -2.14. The Morgan fingerprint density at radius 3 is 2.85 bits per heavy atom. The van der Waals surface area contributed by atoms with Crippen LogP contribution in [0.3, 0.4) is 0 Å². The van der Waals surface area contributed by atoms with Crippen molar-refractivity contribution >= 4 is 17.0 Å². The van der Waals surface area contributed by atoms with Gasteiger partial charge in [0.05, 0.1) is 34.9 Å². The molecule has 102 valence electrons. The van der Waals surface area contributed by atoms with Crippen molar-refractivity contribution in [1.29, 1.82) is 0 Å². The lowest BCUT2D eigenvalue weighted by Crippen LogP contribution is -2.08. The second-order valence-corrected chi connectivity index (χ2v) is 5.54. The van der Waals surface area contributed by atoms with Crippen molar-refractivity contribution in [3.05, 3.63) is 59.1 Å². The smallest absolute Gasteiger partial charge is 0.0992 e. The molecule has 5 heteroatoms. The highest BCUT2D eigenvalue weighted by molar-refractivity contribution is 7.09. The number of thiazole rings is 1. The van der Waals surface area contributed by atoms with Gasteiger partial charge >= 0.3 is 0 Å². The summed E-state index contributed by atoms with van der Waals surface area (Å²) >= 11 is 1.69. The highest BCUT2D eigenvalue weighted by Gasteiger charge is 2.12. The van der Waals surface area contributed by atoms with Crippen LogP contribution >= 0.6 is 11.3 Å². The van der Waals surface area contributed by atoms with E-state index in [2.05, 4.69) is 34.3 Å². The number of imidazole rings is 1. The first-order valence-corrected chi connectivity index (χ1v) is 7.37. The normalized spacial score (nSPS) is 12.3. The number of benzene rings is 1. The van der Waals surface area contributed by atoms with Crippen LogP contribution in [-0.4, -0.2) is 14.5 Å². The molecule has 0 aliphatic carbocycles. The maximum Gasteiger partial charge on any atom is 0.0992 e. The fourth-order valence-electron chi connectivity index (χ4n) is 2.25. The number of aromatic nitrogens is 3. The Morgan fingerprint density at radius 2 is 2.15 bits per heavy atom. The average molecular weight is 284 g/mol. The number of aryl methyl sites for hydroxylation is 1. The van der Waals surface area contributed by atoms with Crippen LogP contribution in [0.25, 0.3) is 5.69 Å². The van der Waals surface area contributed by atoms with Crippen LogP contribution in [0.15, 0.2) is 48.5 Å². The van der Waals surface area contributed by atoms with Crippen molar-refractivity contribution in [2.45, 2.75) is 19.9 Å². The first kappa shape index (κ1) is 12.9. The van der Waals surface area contributed by atoms with Crippen molar-refractivity contribution in [3.8, 4) is 5.69 Å². The minimum absolute atomic E-state index is 0.229. The van der Waals surface area contributed by atoms with E-state index in [1.165, 1.54) is 4.88 Å². The number of para-hydroxylation sites is 2. The molecule has 1 aromatic carbocycles. The van der Waals surface area contributed by atoms with E-state index < -0.39 is 0 Å². The average Bonchev–Trinajstić information content (AvgIpc) is 3.10. The Kier molecular flexibility index (Phi) is 3.52. The van der Waals surface area contributed by atoms with Crippen LogP contribution in [0.4, 0.5) is 5.69 Å². The maximum atomic E-state index is 4.31. The lowest BCUT2D eigenvalue weighted by atomic mass is 10.2. The predicted octanol–water partition coefficient (Wildman–Crippen LogP) is 3.81. The van der Waals surface area contributed by atoms with Gasteiger partial charge in [-0.1, -0.05) is 12.1 Å². The molecular weight excluding hydrogens is 268 g/mol. The molecule has 0 bridgehead atoms. The standard InChI is InChI=1S/C15H16N4S/c1-11-15(20-10-17-11)12(2)18-13-5-3-4-6-14(13)19-8-7-16-9-19/h3-10,12,18H,1-2H3. The molecule has 2 aromatic heterocycles. The zero-order valence-electron chi connectivity index (χ0n) is 11.4. The van der Waals surface area contributed by atoms with Gasteiger partial charge in [0, 0.05) is 17.3 Å². The minimum Gasteiger partial charge on any atom is -0.376 e. The summed E-state index contributed by atoms with van der Waals surface area (Å²) in [5, 5.41) is 3.56. The quantitative estimate of drug-likeness (QED) is 0.792. The molecule has 0 spiro atoms. The van der Waals surface area contributed by atoms with Crippen molar-refractivity contribution in [2.24, 2.45) is 0 Å². The zero-order chi connectivity index (χ0) is 13.9. The molecule has 3 rings (SSSR count). The highest BCUT2D eigenvalue weighted by Crippen LogP contribution is 2.28. The van der Waals surface area contributed by atoms with E-state index >= 15 is 0 Å². The summed E-state index contributed by atoms with van der Waals surface area (Å²) in [6.45, 7) is 4.21. The van der Waals surface area contributed by atoms with Gasteiger partial charge in [0.2, 0.25) is 0 Å². The number of nitrogens with one attached hydrogen (secondary N) is 1. The third-order valence-corrected chi connectivity index (χ3v) is 4.35. The number of rotatable bonds is 4. The van der Waals surface area contributed by atoms with Gasteiger partial charge in [0.15, 0.2) is 0 Å². The van der Waals surface area contributed by atoms with Crippen molar-refractivity contribution in [2.75, 3.05) is 5.32 Å². The molecule has 0 saturated heterocycles. The van der Waals surface area contributed by atoms with Crippen LogP contribution in [0.2, 0.25) is 0 Å². The molecule has 1 unspecified atom stereocenters. The first-order chi connectivity index (χ1) is 9.75. The van der Waals surface area contributed by atoms with Crippen molar-refractivity contribution in [1.82, 2.24) is 14.5 Å². The number of hydrogen-bond donors (Lipinski definition) is 1. The van der Waals surface area contributed by atoms with Gasteiger partial charge in [-0.15, -0.1) is 11.3 Å². The van der Waals surface area contributed by atoms with Gasteiger partial charge in [0.25, 0.3) is 0 Å². The van der Waals surface area contributed by atoms with E-state index in [4.69, 9.17) is 0 Å². The van der Waals surface area contributed by atoms with Crippen LogP contribution < -0.4 is 5.32 Å². The first-order valence-electron chi connectivity index (χ1n) is 6.49. The van der Waals surface area contributed by atoms with Crippen LogP contribution in [0.5, 0.6) is 0 Å². The van der Waals surface area contributed by atoms with E-state index in [-0.39, 0.29) is 6.04 Å². The molecule has 0 radical (unpaired) electrons. The number of anilines is 1. The topological polar surface area (TPSA) is 42.7 Å². The van der Waals surface area contributed by atoms with Gasteiger partial charge < -0.3 is 9.88 Å². The largest absolute Gasteiger partial charge is 0.376 e. The van der Waals surface area contributed by atoms with E-state index in [1.807, 2.05) is 41.7 Å². The third-order valence-electron chi connectivity index (χ3n) is 3.23. The fraction of sp³-hybridized carbons (Fsp3) is 0.200. The summed E-state index contributed by atoms with van der Waals surface area (Å²) in [5.74, 6) is 0. The Bertz CT molecular complexity index is 687. The summed E-state index contributed by atoms with van der Waals surface area (Å²) in [5.41, 5.74) is 5.17. The Morgan fingerprint density at radius 1 is 1.30 bits per heavy atom. The van der Waals surface area contributed by atoms with Gasteiger partial charge in [-0.05, 0) is 26.0 Å². The second-order valence-electron chi connectivity index (χ2n) is 4.66. The summed E-state index contributed by atoms with van der Waals surface area (Å²) in [7, 11) is 0. The van der Waals surface area contributed by atoms with Crippen LogP contribution in [0, 0.1) is 6.92 Å². The molecule has 1 atom stereocenters. The van der Waals surface area contributed by atoms with E-state index in [0.717, 1.165) is 17.1 Å². The monoisotopic (exact) mass is 284 g/mol. The van der Waals surface area contributed by atoms with Gasteiger partial charge in [-0.25, -0.2) is 9.97 Å². The maximum absolute atomic E-state index is 4.31. The summed E-state index contributed by atoms with van der Waals surface area (Å²) in [6, 6.07) is 8.46. The minimum atomic E-state index is 0.229. The van der Waals surface area contributed by atoms with E-state index in [0.29, 0.717) is 0 Å². The molecule has 0 fully saturated rings. The molecular formula is C15H16N4S. The molecule has 0 aliphatic heterocycles. The second kappa shape index (κ2) is 5.46. The summed E-state index contributed by atoms with van der Waals surface area (Å²) in [4.78, 5) is 9.69. The third kappa shape index (κ3) is 2.44. The number of nitrogens with zero attached hydrogens (tertiary/aromatic N) is 3.